The molecule has 4 heteroatoms. The van der Waals surface area contributed by atoms with E-state index >= 15 is 0 Å². The summed E-state index contributed by atoms with van der Waals surface area (Å²) >= 11 is 0. The Morgan fingerprint density at radius 3 is 2.80 bits per heavy atom. The van der Waals surface area contributed by atoms with E-state index in [1.807, 2.05) is 18.2 Å². The third-order valence-corrected chi connectivity index (χ3v) is 1.93. The zero-order valence-corrected chi connectivity index (χ0v) is 8.84. The Balaban J connectivity index is 2.21. The first-order chi connectivity index (χ1) is 7.25. The zero-order chi connectivity index (χ0) is 10.7. The Labute approximate surface area is 88.4 Å². The third-order valence-electron chi connectivity index (χ3n) is 1.93. The maximum Gasteiger partial charge on any atom is 0.266 e. The highest BCUT2D eigenvalue weighted by Crippen LogP contribution is 2.15. The van der Waals surface area contributed by atoms with Crippen LogP contribution >= 0.6 is 0 Å². The van der Waals surface area contributed by atoms with Gasteiger partial charge in [-0.1, -0.05) is 19.9 Å². The van der Waals surface area contributed by atoms with Crippen LogP contribution in [-0.4, -0.2) is 15.2 Å². The molecular weight excluding hydrogens is 190 g/mol. The highest BCUT2D eigenvalue weighted by molar-refractivity contribution is 5.44. The minimum atomic E-state index is 0.492. The number of pyridine rings is 1. The monoisotopic (exact) mass is 203 g/mol. The van der Waals surface area contributed by atoms with Gasteiger partial charge in [0.1, 0.15) is 5.69 Å². The second kappa shape index (κ2) is 4.21. The second-order valence-electron chi connectivity index (χ2n) is 3.81. The van der Waals surface area contributed by atoms with Crippen LogP contribution in [0.3, 0.4) is 0 Å². The van der Waals surface area contributed by atoms with Crippen molar-refractivity contribution in [1.29, 1.82) is 0 Å². The molecule has 2 rings (SSSR count). The average Bonchev–Trinajstić information content (AvgIpc) is 2.67. The molecule has 0 radical (unpaired) electrons. The standard InChI is InChI=1S/C11H13N3O/c1-8(2)7-10-13-14-11(15-10)9-5-3-4-6-12-9/h3-6,8H,7H2,1-2H3. The molecule has 0 aliphatic carbocycles. The lowest BCUT2D eigenvalue weighted by Gasteiger charge is -1.96. The fourth-order valence-corrected chi connectivity index (χ4v) is 1.28. The number of hydrogen-bond acceptors (Lipinski definition) is 4. The lowest BCUT2D eigenvalue weighted by Crippen LogP contribution is -1.93. The van der Waals surface area contributed by atoms with Crippen molar-refractivity contribution in [1.82, 2.24) is 15.2 Å². The van der Waals surface area contributed by atoms with Gasteiger partial charge in [-0.15, -0.1) is 10.2 Å². The molecule has 0 saturated heterocycles. The van der Waals surface area contributed by atoms with Crippen LogP contribution in [0.5, 0.6) is 0 Å². The van der Waals surface area contributed by atoms with Crippen LogP contribution in [-0.2, 0) is 6.42 Å². The Morgan fingerprint density at radius 2 is 2.13 bits per heavy atom. The first-order valence-corrected chi connectivity index (χ1v) is 4.99. The van der Waals surface area contributed by atoms with Crippen molar-refractivity contribution in [3.05, 3.63) is 30.3 Å². The lowest BCUT2D eigenvalue weighted by molar-refractivity contribution is 0.465. The second-order valence-corrected chi connectivity index (χ2v) is 3.81. The molecule has 0 unspecified atom stereocenters. The van der Waals surface area contributed by atoms with E-state index < -0.39 is 0 Å². The maximum atomic E-state index is 5.50. The largest absolute Gasteiger partial charge is 0.419 e. The van der Waals surface area contributed by atoms with E-state index in [9.17, 15) is 0 Å². The summed E-state index contributed by atoms with van der Waals surface area (Å²) in [5, 5.41) is 7.94. The smallest absolute Gasteiger partial charge is 0.266 e. The van der Waals surface area contributed by atoms with Crippen LogP contribution in [0.4, 0.5) is 0 Å². The number of nitrogens with zero attached hydrogens (tertiary/aromatic N) is 3. The van der Waals surface area contributed by atoms with Crippen molar-refractivity contribution < 1.29 is 4.42 Å². The van der Waals surface area contributed by atoms with Crippen molar-refractivity contribution >= 4 is 0 Å². The molecule has 15 heavy (non-hydrogen) atoms. The van der Waals surface area contributed by atoms with Gasteiger partial charge in [-0.3, -0.25) is 4.98 Å². The average molecular weight is 203 g/mol. The summed E-state index contributed by atoms with van der Waals surface area (Å²) in [6.07, 6.45) is 2.52. The van der Waals surface area contributed by atoms with Crippen molar-refractivity contribution in [2.24, 2.45) is 5.92 Å². The van der Waals surface area contributed by atoms with Crippen molar-refractivity contribution in [3.8, 4) is 11.6 Å². The molecule has 2 heterocycles. The molecule has 0 amide bonds. The van der Waals surface area contributed by atoms with Crippen LogP contribution in [0.2, 0.25) is 0 Å². The van der Waals surface area contributed by atoms with Gasteiger partial charge < -0.3 is 4.42 Å². The number of aromatic nitrogens is 3. The molecule has 0 aliphatic rings. The van der Waals surface area contributed by atoms with Gasteiger partial charge >= 0.3 is 0 Å². The van der Waals surface area contributed by atoms with Crippen LogP contribution in [0.25, 0.3) is 11.6 Å². The highest BCUT2D eigenvalue weighted by Gasteiger charge is 2.09. The van der Waals surface area contributed by atoms with Gasteiger partial charge in [-0.2, -0.15) is 0 Å². The fraction of sp³-hybridized carbons (Fsp3) is 0.364. The van der Waals surface area contributed by atoms with Crippen LogP contribution in [0.15, 0.2) is 28.8 Å². The van der Waals surface area contributed by atoms with Gasteiger partial charge in [-0.05, 0) is 18.1 Å². The van der Waals surface area contributed by atoms with Gasteiger partial charge in [-0.25, -0.2) is 0 Å². The Bertz CT molecular complexity index is 422. The van der Waals surface area contributed by atoms with Gasteiger partial charge in [0.05, 0.1) is 0 Å². The van der Waals surface area contributed by atoms with Gasteiger partial charge in [0.2, 0.25) is 5.89 Å². The first kappa shape index (κ1) is 9.83. The highest BCUT2D eigenvalue weighted by atomic mass is 16.4. The topological polar surface area (TPSA) is 51.8 Å². The molecule has 0 atom stereocenters. The van der Waals surface area contributed by atoms with Crippen LogP contribution < -0.4 is 0 Å². The molecule has 0 saturated carbocycles. The molecule has 4 nitrogen and oxygen atoms in total. The third kappa shape index (κ3) is 2.40. The maximum absolute atomic E-state index is 5.50. The van der Waals surface area contributed by atoms with Crippen LogP contribution in [0.1, 0.15) is 19.7 Å². The Morgan fingerprint density at radius 1 is 1.27 bits per heavy atom. The SMILES string of the molecule is CC(C)Cc1nnc(-c2ccccn2)o1. The molecule has 78 valence electrons. The predicted octanol–water partition coefficient (Wildman–Crippen LogP) is 2.33. The summed E-state index contributed by atoms with van der Waals surface area (Å²) in [5.41, 5.74) is 0.722. The van der Waals surface area contributed by atoms with Gasteiger partial charge in [0, 0.05) is 12.6 Å². The summed E-state index contributed by atoms with van der Waals surface area (Å²) in [6, 6.07) is 5.61. The molecule has 0 spiro atoms. The van der Waals surface area contributed by atoms with E-state index in [2.05, 4.69) is 29.0 Å². The minimum absolute atomic E-state index is 0.492. The molecule has 2 aromatic heterocycles. The predicted molar refractivity (Wildman–Crippen MR) is 56.1 cm³/mol. The molecular formula is C11H13N3O. The summed E-state index contributed by atoms with van der Waals surface area (Å²) in [5.74, 6) is 1.68. The fourth-order valence-electron chi connectivity index (χ4n) is 1.28. The van der Waals surface area contributed by atoms with Gasteiger partial charge in [0.15, 0.2) is 0 Å². The summed E-state index contributed by atoms with van der Waals surface area (Å²) in [6.45, 7) is 4.23. The molecule has 0 bridgehead atoms. The summed E-state index contributed by atoms with van der Waals surface area (Å²) < 4.78 is 5.50. The van der Waals surface area contributed by atoms with E-state index in [1.165, 1.54) is 0 Å². The molecule has 0 aromatic carbocycles. The molecule has 2 aromatic rings. The van der Waals surface area contributed by atoms with E-state index in [-0.39, 0.29) is 0 Å². The molecule has 0 N–H and O–H groups in total. The normalized spacial score (nSPS) is 10.9. The first-order valence-electron chi connectivity index (χ1n) is 4.99. The summed E-state index contributed by atoms with van der Waals surface area (Å²) in [7, 11) is 0. The Kier molecular flexibility index (Phi) is 2.76. The van der Waals surface area contributed by atoms with E-state index in [0.29, 0.717) is 17.7 Å². The summed E-state index contributed by atoms with van der Waals surface area (Å²) in [4.78, 5) is 4.15. The number of rotatable bonds is 3. The number of hydrogen-bond donors (Lipinski definition) is 0. The quantitative estimate of drug-likeness (QED) is 0.768. The van der Waals surface area contributed by atoms with Crippen molar-refractivity contribution in [3.63, 3.8) is 0 Å². The van der Waals surface area contributed by atoms with E-state index in [1.54, 1.807) is 6.20 Å². The van der Waals surface area contributed by atoms with Crippen LogP contribution in [0, 0.1) is 5.92 Å². The van der Waals surface area contributed by atoms with E-state index in [0.717, 1.165) is 12.1 Å². The lowest BCUT2D eigenvalue weighted by atomic mass is 10.1. The minimum Gasteiger partial charge on any atom is -0.419 e. The molecule has 0 aliphatic heterocycles. The molecule has 0 fully saturated rings. The van der Waals surface area contributed by atoms with E-state index in [4.69, 9.17) is 4.42 Å². The van der Waals surface area contributed by atoms with Crippen molar-refractivity contribution in [2.45, 2.75) is 20.3 Å². The Hall–Kier alpha value is -1.71. The van der Waals surface area contributed by atoms with Gasteiger partial charge in [0.25, 0.3) is 5.89 Å². The van der Waals surface area contributed by atoms with Crippen molar-refractivity contribution in [2.75, 3.05) is 0 Å². The zero-order valence-electron chi connectivity index (χ0n) is 8.84.